The molecule has 2 N–H and O–H groups in total. The van der Waals surface area contributed by atoms with E-state index in [9.17, 15) is 14.4 Å². The number of amides is 3. The highest BCUT2D eigenvalue weighted by molar-refractivity contribution is 9.10. The predicted molar refractivity (Wildman–Crippen MR) is 138 cm³/mol. The Morgan fingerprint density at radius 1 is 1.12 bits per heavy atom. The first-order valence-corrected chi connectivity index (χ1v) is 12.0. The van der Waals surface area contributed by atoms with Crippen molar-refractivity contribution in [2.24, 2.45) is 10.9 Å². The lowest BCUT2D eigenvalue weighted by atomic mass is 10.0. The number of nitrogens with zero attached hydrogens (tertiary/aromatic N) is 2. The van der Waals surface area contributed by atoms with E-state index < -0.39 is 23.6 Å². The van der Waals surface area contributed by atoms with Crippen LogP contribution in [0.15, 0.2) is 56.8 Å². The topological polar surface area (TPSA) is 90.9 Å². The van der Waals surface area contributed by atoms with Gasteiger partial charge < -0.3 is 10.6 Å². The van der Waals surface area contributed by atoms with Crippen molar-refractivity contribution in [2.75, 3.05) is 4.90 Å². The maximum atomic E-state index is 13.1. The largest absolute Gasteiger partial charge is 0.301 e. The molecule has 0 unspecified atom stereocenters. The van der Waals surface area contributed by atoms with Crippen LogP contribution in [0.5, 0.6) is 0 Å². The molecule has 2 aliphatic rings. The summed E-state index contributed by atoms with van der Waals surface area (Å²) in [7, 11) is 0. The van der Waals surface area contributed by atoms with Gasteiger partial charge in [0.2, 0.25) is 11.8 Å². The van der Waals surface area contributed by atoms with E-state index in [-0.39, 0.29) is 10.0 Å². The molecular formula is C22H16BrClN4O3S2. The fourth-order valence-corrected chi connectivity index (χ4v) is 4.83. The van der Waals surface area contributed by atoms with Crippen molar-refractivity contribution in [2.45, 2.75) is 13.8 Å². The van der Waals surface area contributed by atoms with Gasteiger partial charge in [-0.25, -0.2) is 4.99 Å². The van der Waals surface area contributed by atoms with E-state index in [1.54, 1.807) is 24.3 Å². The molecule has 2 fully saturated rings. The van der Waals surface area contributed by atoms with Crippen molar-refractivity contribution >= 4 is 90.9 Å². The molecule has 0 saturated carbocycles. The number of aliphatic imine (C=N–C) groups is 1. The van der Waals surface area contributed by atoms with Gasteiger partial charge in [0.15, 0.2) is 10.3 Å². The number of nitrogens with one attached hydrogen (secondary N) is 2. The zero-order chi connectivity index (χ0) is 23.9. The van der Waals surface area contributed by atoms with Crippen molar-refractivity contribution in [3.8, 4) is 0 Å². The number of amidine groups is 1. The van der Waals surface area contributed by atoms with Crippen molar-refractivity contribution in [1.82, 2.24) is 10.6 Å². The molecule has 0 radical (unpaired) electrons. The van der Waals surface area contributed by atoms with Crippen LogP contribution in [0.2, 0.25) is 5.02 Å². The third kappa shape index (κ3) is 4.89. The number of anilines is 1. The van der Waals surface area contributed by atoms with Gasteiger partial charge >= 0.3 is 0 Å². The van der Waals surface area contributed by atoms with E-state index in [0.29, 0.717) is 21.6 Å². The molecule has 168 valence electrons. The minimum Gasteiger partial charge on any atom is -0.301 e. The number of halogens is 2. The quantitative estimate of drug-likeness (QED) is 0.326. The van der Waals surface area contributed by atoms with E-state index in [1.807, 2.05) is 26.0 Å². The number of aryl methyl sites for hydroxylation is 2. The first-order chi connectivity index (χ1) is 15.6. The molecule has 3 amide bonds. The minimum atomic E-state index is -1.22. The molecule has 1 atom stereocenters. The smallest absolute Gasteiger partial charge is 0.263 e. The number of hydrogen-bond acceptors (Lipinski definition) is 6. The molecule has 2 aromatic carbocycles. The van der Waals surface area contributed by atoms with Gasteiger partial charge in [0.05, 0.1) is 16.3 Å². The Balaban J connectivity index is 1.60. The highest BCUT2D eigenvalue weighted by atomic mass is 79.9. The zero-order valence-corrected chi connectivity index (χ0v) is 21.3. The number of thiocarbonyl (C=S) groups is 1. The van der Waals surface area contributed by atoms with Gasteiger partial charge in [0.1, 0.15) is 5.92 Å². The Kier molecular flexibility index (Phi) is 6.71. The second-order valence-electron chi connectivity index (χ2n) is 7.32. The van der Waals surface area contributed by atoms with Gasteiger partial charge in [-0.2, -0.15) is 0 Å². The summed E-state index contributed by atoms with van der Waals surface area (Å²) < 4.78 is 1.00. The van der Waals surface area contributed by atoms with Gasteiger partial charge in [0.25, 0.3) is 5.91 Å². The maximum absolute atomic E-state index is 13.1. The maximum Gasteiger partial charge on any atom is 0.263 e. The highest BCUT2D eigenvalue weighted by Crippen LogP contribution is 2.32. The minimum absolute atomic E-state index is 0.0336. The van der Waals surface area contributed by atoms with Crippen molar-refractivity contribution in [3.05, 3.63) is 68.0 Å². The zero-order valence-electron chi connectivity index (χ0n) is 17.3. The molecule has 11 heteroatoms. The first-order valence-electron chi connectivity index (χ1n) is 9.65. The lowest BCUT2D eigenvalue weighted by molar-refractivity contribution is -0.131. The monoisotopic (exact) mass is 562 g/mol. The summed E-state index contributed by atoms with van der Waals surface area (Å²) in [5, 5.41) is 6.03. The van der Waals surface area contributed by atoms with Crippen LogP contribution >= 0.6 is 51.5 Å². The molecule has 4 rings (SSSR count). The van der Waals surface area contributed by atoms with Crippen LogP contribution in [0.1, 0.15) is 11.1 Å². The van der Waals surface area contributed by atoms with Crippen molar-refractivity contribution < 1.29 is 14.4 Å². The van der Waals surface area contributed by atoms with Gasteiger partial charge in [-0.05, 0) is 91.4 Å². The molecule has 2 aliphatic heterocycles. The fraction of sp³-hybridized carbons (Fsp3) is 0.136. The summed E-state index contributed by atoms with van der Waals surface area (Å²) in [5.74, 6) is -2.81. The highest BCUT2D eigenvalue weighted by Gasteiger charge is 2.39. The number of thioether (sulfide) groups is 1. The Labute approximate surface area is 212 Å². The average molecular weight is 564 g/mol. The van der Waals surface area contributed by atoms with Crippen LogP contribution in [0.25, 0.3) is 0 Å². The third-order valence-corrected chi connectivity index (χ3v) is 7.62. The lowest BCUT2D eigenvalue weighted by Crippen LogP contribution is -2.57. The first kappa shape index (κ1) is 23.6. The lowest BCUT2D eigenvalue weighted by Gasteiger charge is -2.31. The predicted octanol–water partition coefficient (Wildman–Crippen LogP) is 4.52. The van der Waals surface area contributed by atoms with Crippen LogP contribution in [-0.4, -0.2) is 28.0 Å². The molecule has 7 nitrogen and oxygen atoms in total. The molecule has 2 aromatic rings. The van der Waals surface area contributed by atoms with Crippen LogP contribution in [0, 0.1) is 19.8 Å². The second kappa shape index (κ2) is 9.38. The number of carbonyl (C=O) groups is 3. The van der Waals surface area contributed by atoms with Gasteiger partial charge in [-0.1, -0.05) is 27.5 Å². The Morgan fingerprint density at radius 2 is 1.76 bits per heavy atom. The molecule has 2 saturated heterocycles. The van der Waals surface area contributed by atoms with E-state index >= 15 is 0 Å². The standard InChI is InChI=1S/C22H16BrClN4O3S2/c1-10-7-13(8-11(2)17(10)23)25-21-26-19(30)16(33-21)9-15-18(29)27-22(32)28(20(15)31)14-5-3-12(24)4-6-14/h3-9,15H,1-2H3,(H,25,26,30)(H,27,29,32)/b16-9-/t15-/m1/s1. The second-order valence-corrected chi connectivity index (χ2v) is 9.97. The number of benzene rings is 2. The molecule has 33 heavy (non-hydrogen) atoms. The molecule has 2 heterocycles. The van der Waals surface area contributed by atoms with Gasteiger partial charge in [-0.15, -0.1) is 0 Å². The summed E-state index contributed by atoms with van der Waals surface area (Å²) in [6.07, 6.45) is 1.34. The Bertz CT molecular complexity index is 1250. The molecule has 0 aromatic heterocycles. The normalized spacial score (nSPS) is 21.1. The Morgan fingerprint density at radius 3 is 2.39 bits per heavy atom. The Hall–Kier alpha value is -2.53. The summed E-state index contributed by atoms with van der Waals surface area (Å²) in [5.41, 5.74) is 3.18. The van der Waals surface area contributed by atoms with E-state index in [4.69, 9.17) is 23.8 Å². The van der Waals surface area contributed by atoms with Gasteiger partial charge in [-0.3, -0.25) is 19.3 Å². The van der Waals surface area contributed by atoms with Crippen LogP contribution in [0.4, 0.5) is 11.4 Å². The molecular weight excluding hydrogens is 548 g/mol. The summed E-state index contributed by atoms with van der Waals surface area (Å²) >= 11 is 15.7. The van der Waals surface area contributed by atoms with Crippen molar-refractivity contribution in [3.63, 3.8) is 0 Å². The van der Waals surface area contributed by atoms with E-state index in [2.05, 4.69) is 31.6 Å². The summed E-state index contributed by atoms with van der Waals surface area (Å²) in [6, 6.07) is 10.3. The SMILES string of the molecule is Cc1cc(N=C2NC(=O)/C(=C/[C@@H]3C(=O)NC(=S)N(c4ccc(Cl)cc4)C3=O)S2)cc(C)c1Br. The number of rotatable bonds is 3. The van der Waals surface area contributed by atoms with Crippen molar-refractivity contribution in [1.29, 1.82) is 0 Å². The molecule has 0 bridgehead atoms. The summed E-state index contributed by atoms with van der Waals surface area (Å²) in [6.45, 7) is 3.91. The number of hydrogen-bond donors (Lipinski definition) is 2. The summed E-state index contributed by atoms with van der Waals surface area (Å²) in [4.78, 5) is 44.1. The molecule has 0 spiro atoms. The average Bonchev–Trinajstić information content (AvgIpc) is 3.09. The van der Waals surface area contributed by atoms with E-state index in [1.165, 1.54) is 11.0 Å². The fourth-order valence-electron chi connectivity index (χ4n) is 3.32. The van der Waals surface area contributed by atoms with Crippen LogP contribution in [0.3, 0.4) is 0 Å². The van der Waals surface area contributed by atoms with E-state index in [0.717, 1.165) is 27.4 Å². The van der Waals surface area contributed by atoms with Gasteiger partial charge in [0, 0.05) is 9.50 Å². The number of carbonyl (C=O) groups excluding carboxylic acids is 3. The van der Waals surface area contributed by atoms with Crippen LogP contribution in [-0.2, 0) is 14.4 Å². The van der Waals surface area contributed by atoms with Crippen LogP contribution < -0.4 is 15.5 Å². The third-order valence-electron chi connectivity index (χ3n) is 4.91. The molecule has 0 aliphatic carbocycles.